The number of halogens is 1. The quantitative estimate of drug-likeness (QED) is 0.665. The van der Waals surface area contributed by atoms with E-state index in [1.807, 2.05) is 22.6 Å². The van der Waals surface area contributed by atoms with Gasteiger partial charge in [-0.1, -0.05) is 0 Å². The Balaban J connectivity index is 3.02. The molecule has 1 N–H and O–H groups in total. The van der Waals surface area contributed by atoms with Gasteiger partial charge in [0, 0.05) is 6.07 Å². The highest BCUT2D eigenvalue weighted by Gasteiger charge is 2.17. The minimum Gasteiger partial charge on any atom is -0.507 e. The fourth-order valence-electron chi connectivity index (χ4n) is 1.56. The Labute approximate surface area is 110 Å². The number of hydrogen-bond acceptors (Lipinski definition) is 5. The Kier molecular flexibility index (Phi) is 3.14. The average molecular weight is 348 g/mol. The second-order valence-corrected chi connectivity index (χ2v) is 4.33. The highest BCUT2D eigenvalue weighted by atomic mass is 127. The van der Waals surface area contributed by atoms with Crippen molar-refractivity contribution in [3.05, 3.63) is 26.1 Å². The molecule has 6 heteroatoms. The van der Waals surface area contributed by atoms with Crippen molar-refractivity contribution in [2.45, 2.75) is 0 Å². The maximum atomic E-state index is 11.4. The van der Waals surface area contributed by atoms with Gasteiger partial charge < -0.3 is 19.0 Å². The van der Waals surface area contributed by atoms with E-state index in [4.69, 9.17) is 13.9 Å². The Morgan fingerprint density at radius 2 is 1.82 bits per heavy atom. The molecule has 0 unspecified atom stereocenters. The molecule has 0 radical (unpaired) electrons. The van der Waals surface area contributed by atoms with Crippen LogP contribution < -0.4 is 15.1 Å². The van der Waals surface area contributed by atoms with Crippen LogP contribution in [0, 0.1) is 3.57 Å². The number of hydrogen-bond donors (Lipinski definition) is 1. The lowest BCUT2D eigenvalue weighted by molar-refractivity contribution is 0.394. The minimum absolute atomic E-state index is 0.00801. The molecule has 1 aromatic heterocycles. The summed E-state index contributed by atoms with van der Waals surface area (Å²) >= 11 is 1.89. The minimum atomic E-state index is -0.542. The van der Waals surface area contributed by atoms with Gasteiger partial charge in [0.15, 0.2) is 5.58 Å². The zero-order chi connectivity index (χ0) is 12.6. The summed E-state index contributed by atoms with van der Waals surface area (Å²) in [6, 6.07) is 2.69. The molecule has 0 saturated heterocycles. The van der Waals surface area contributed by atoms with Crippen LogP contribution in [0.4, 0.5) is 0 Å². The van der Waals surface area contributed by atoms with E-state index in [0.29, 0.717) is 20.5 Å². The molecule has 0 aliphatic rings. The summed E-state index contributed by atoms with van der Waals surface area (Å²) < 4.78 is 15.8. The van der Waals surface area contributed by atoms with Crippen molar-refractivity contribution in [1.82, 2.24) is 0 Å². The number of phenolic OH excluding ortho intramolecular Hbond substituents is 1. The van der Waals surface area contributed by atoms with E-state index < -0.39 is 5.63 Å². The van der Waals surface area contributed by atoms with Crippen molar-refractivity contribution >= 4 is 33.6 Å². The maximum absolute atomic E-state index is 11.4. The molecule has 0 saturated carbocycles. The van der Waals surface area contributed by atoms with Gasteiger partial charge in [0.25, 0.3) is 0 Å². The van der Waals surface area contributed by atoms with E-state index >= 15 is 0 Å². The topological polar surface area (TPSA) is 68.9 Å². The number of fused-ring (bicyclic) bond motifs is 1. The van der Waals surface area contributed by atoms with Gasteiger partial charge in [-0.2, -0.15) is 0 Å². The molecule has 17 heavy (non-hydrogen) atoms. The van der Waals surface area contributed by atoms with Gasteiger partial charge in [-0.05, 0) is 22.6 Å². The third-order valence-electron chi connectivity index (χ3n) is 2.30. The smallest absolute Gasteiger partial charge is 0.339 e. The number of methoxy groups -OCH3 is 2. The van der Waals surface area contributed by atoms with Crippen LogP contribution in [0.3, 0.4) is 0 Å². The first-order chi connectivity index (χ1) is 8.08. The first-order valence-corrected chi connectivity index (χ1v) is 5.73. The van der Waals surface area contributed by atoms with Crippen LogP contribution in [0.2, 0.25) is 0 Å². The first-order valence-electron chi connectivity index (χ1n) is 4.65. The second kappa shape index (κ2) is 4.44. The van der Waals surface area contributed by atoms with Crippen LogP contribution in [0.25, 0.3) is 11.0 Å². The molecule has 0 spiro atoms. The molecule has 2 aromatic rings. The monoisotopic (exact) mass is 348 g/mol. The molecule has 90 valence electrons. The summed E-state index contributed by atoms with van der Waals surface area (Å²) in [6.45, 7) is 0. The summed E-state index contributed by atoms with van der Waals surface area (Å²) in [7, 11) is 2.92. The predicted octanol–water partition coefficient (Wildman–Crippen LogP) is 2.12. The van der Waals surface area contributed by atoms with Gasteiger partial charge in [0.05, 0.1) is 23.9 Å². The van der Waals surface area contributed by atoms with Crippen LogP contribution in [-0.2, 0) is 0 Å². The first kappa shape index (κ1) is 12.0. The second-order valence-electron chi connectivity index (χ2n) is 3.25. The fraction of sp³-hybridized carbons (Fsp3) is 0.182. The Morgan fingerprint density at radius 3 is 2.41 bits per heavy atom. The number of aromatic hydroxyl groups is 1. The molecule has 0 fully saturated rings. The fourth-order valence-corrected chi connectivity index (χ4v) is 2.09. The molecule has 0 bridgehead atoms. The number of rotatable bonds is 2. The summed E-state index contributed by atoms with van der Waals surface area (Å²) in [6.07, 6.45) is 0. The number of phenols is 1. The van der Waals surface area contributed by atoms with Crippen molar-refractivity contribution in [2.24, 2.45) is 0 Å². The highest BCUT2D eigenvalue weighted by Crippen LogP contribution is 2.39. The van der Waals surface area contributed by atoms with Gasteiger partial charge in [0.2, 0.25) is 0 Å². The van der Waals surface area contributed by atoms with Crippen molar-refractivity contribution in [3.8, 4) is 17.2 Å². The molecule has 0 amide bonds. The lowest BCUT2D eigenvalue weighted by Crippen LogP contribution is -2.01. The normalized spacial score (nSPS) is 10.5. The van der Waals surface area contributed by atoms with Gasteiger partial charge in [0.1, 0.15) is 22.6 Å². The van der Waals surface area contributed by atoms with Gasteiger partial charge in [-0.15, -0.1) is 0 Å². The lowest BCUT2D eigenvalue weighted by atomic mass is 10.2. The van der Waals surface area contributed by atoms with E-state index in [-0.39, 0.29) is 11.3 Å². The molecule has 1 heterocycles. The molecular formula is C11H9IO5. The Morgan fingerprint density at radius 1 is 1.24 bits per heavy atom. The predicted molar refractivity (Wildman–Crippen MR) is 70.0 cm³/mol. The summed E-state index contributed by atoms with van der Waals surface area (Å²) in [5.74, 6) is 0.732. The standard InChI is InChI=1S/C11H9IO5/c1-15-6-3-5(13)10(12)11-9(6)7(16-2)4-8(14)17-11/h3-4,13H,1-2H3. The summed E-state index contributed by atoms with van der Waals surface area (Å²) in [5.41, 5.74) is -0.285. The van der Waals surface area contributed by atoms with Crippen molar-refractivity contribution in [1.29, 1.82) is 0 Å². The van der Waals surface area contributed by atoms with Gasteiger partial charge in [-0.3, -0.25) is 0 Å². The van der Waals surface area contributed by atoms with Crippen molar-refractivity contribution < 1.29 is 19.0 Å². The van der Waals surface area contributed by atoms with Crippen molar-refractivity contribution in [3.63, 3.8) is 0 Å². The van der Waals surface area contributed by atoms with Gasteiger partial charge >= 0.3 is 5.63 Å². The average Bonchev–Trinajstić information content (AvgIpc) is 2.32. The molecule has 0 aliphatic heterocycles. The third-order valence-corrected chi connectivity index (χ3v) is 3.35. The van der Waals surface area contributed by atoms with Crippen LogP contribution in [0.15, 0.2) is 21.3 Å². The number of benzene rings is 1. The highest BCUT2D eigenvalue weighted by molar-refractivity contribution is 14.1. The van der Waals surface area contributed by atoms with E-state index in [2.05, 4.69) is 0 Å². The van der Waals surface area contributed by atoms with Crippen LogP contribution in [0.5, 0.6) is 17.2 Å². The Hall–Kier alpha value is -1.44. The molecule has 0 aliphatic carbocycles. The number of ether oxygens (including phenoxy) is 2. The van der Waals surface area contributed by atoms with E-state index in [1.54, 1.807) is 0 Å². The Bertz CT molecular complexity index is 632. The molecule has 2 rings (SSSR count). The van der Waals surface area contributed by atoms with Crippen LogP contribution >= 0.6 is 22.6 Å². The summed E-state index contributed by atoms with van der Waals surface area (Å²) in [4.78, 5) is 11.4. The largest absolute Gasteiger partial charge is 0.507 e. The molecule has 1 aromatic carbocycles. The van der Waals surface area contributed by atoms with E-state index in [1.165, 1.54) is 26.4 Å². The van der Waals surface area contributed by atoms with Crippen molar-refractivity contribution in [2.75, 3.05) is 14.2 Å². The van der Waals surface area contributed by atoms with Gasteiger partial charge in [-0.25, -0.2) is 4.79 Å². The molecule has 5 nitrogen and oxygen atoms in total. The third kappa shape index (κ3) is 1.92. The maximum Gasteiger partial charge on any atom is 0.339 e. The van der Waals surface area contributed by atoms with Crippen LogP contribution in [0.1, 0.15) is 0 Å². The molecule has 0 atom stereocenters. The zero-order valence-electron chi connectivity index (χ0n) is 9.11. The summed E-state index contributed by atoms with van der Waals surface area (Å²) in [5, 5.41) is 10.2. The molecular weight excluding hydrogens is 339 g/mol. The van der Waals surface area contributed by atoms with Crippen LogP contribution in [-0.4, -0.2) is 19.3 Å². The zero-order valence-corrected chi connectivity index (χ0v) is 11.3. The van der Waals surface area contributed by atoms with E-state index in [0.717, 1.165) is 0 Å². The lowest BCUT2D eigenvalue weighted by Gasteiger charge is -2.10. The van der Waals surface area contributed by atoms with E-state index in [9.17, 15) is 9.90 Å². The SMILES string of the molecule is COc1cc(O)c(I)c2oc(=O)cc(OC)c12.